The van der Waals surface area contributed by atoms with Crippen molar-refractivity contribution in [1.82, 2.24) is 25.1 Å². The summed E-state index contributed by atoms with van der Waals surface area (Å²) >= 11 is 0. The lowest BCUT2D eigenvalue weighted by Crippen LogP contribution is -2.55. The van der Waals surface area contributed by atoms with Gasteiger partial charge in [-0.15, -0.1) is 0 Å². The van der Waals surface area contributed by atoms with Crippen molar-refractivity contribution < 1.29 is 40.6 Å². The molecule has 1 N–H and O–H groups in total. The third-order valence-corrected chi connectivity index (χ3v) is 8.12. The van der Waals surface area contributed by atoms with Crippen LogP contribution in [0.2, 0.25) is 0 Å². The van der Waals surface area contributed by atoms with Crippen LogP contribution >= 0.6 is 0 Å². The average molecular weight is 640 g/mol. The lowest BCUT2D eigenvalue weighted by molar-refractivity contribution is -0.139. The molecule has 1 amide bonds. The summed E-state index contributed by atoms with van der Waals surface area (Å²) in [5.74, 6) is 0.263. The molecule has 3 aromatic heterocycles. The van der Waals surface area contributed by atoms with Crippen LogP contribution < -0.4 is 24.8 Å². The smallest absolute Gasteiger partial charge is 0.423 e. The van der Waals surface area contributed by atoms with Crippen molar-refractivity contribution in [3.8, 4) is 11.5 Å². The Morgan fingerprint density at radius 3 is 2.60 bits per heavy atom. The number of aromatic amines is 1. The second kappa shape index (κ2) is 11.7. The van der Waals surface area contributed by atoms with Crippen LogP contribution in [0.15, 0.2) is 41.7 Å². The number of anilines is 2. The standard InChI is InChI=1S/C28H27F6N7O4/c29-27(30,31)17-9-22-24(36-11-17)41-6-5-39(14-18(41)3-7-44-22)26(43)16-8-20(12-35-10-16)45-15-19-2-1-4-40(19)21-13-37-38-25(42)23(21)28(32,33)34/h8-13,18-19H,1-7,14-15H2,(H,38,42)/t18?,19-/m0/s1. The predicted molar refractivity (Wildman–Crippen MR) is 146 cm³/mol. The van der Waals surface area contributed by atoms with Gasteiger partial charge in [0.2, 0.25) is 0 Å². The van der Waals surface area contributed by atoms with E-state index in [0.717, 1.165) is 18.5 Å². The highest BCUT2D eigenvalue weighted by molar-refractivity contribution is 5.94. The molecule has 3 aliphatic heterocycles. The van der Waals surface area contributed by atoms with Gasteiger partial charge in [-0.25, -0.2) is 10.1 Å². The molecule has 17 heteroatoms. The summed E-state index contributed by atoms with van der Waals surface area (Å²) in [6.45, 7) is 1.28. The maximum absolute atomic E-state index is 13.6. The molecular weight excluding hydrogens is 612 g/mol. The van der Waals surface area contributed by atoms with E-state index in [1.807, 2.05) is 10.00 Å². The number of aromatic nitrogens is 4. The van der Waals surface area contributed by atoms with Gasteiger partial charge in [-0.1, -0.05) is 0 Å². The van der Waals surface area contributed by atoms with Crippen molar-refractivity contribution in [2.24, 2.45) is 0 Å². The second-order valence-corrected chi connectivity index (χ2v) is 10.9. The van der Waals surface area contributed by atoms with E-state index in [9.17, 15) is 35.9 Å². The third kappa shape index (κ3) is 6.20. The number of H-pyrrole nitrogens is 1. The molecule has 0 radical (unpaired) electrons. The normalized spacial score (nSPS) is 20.3. The number of halogens is 6. The van der Waals surface area contributed by atoms with E-state index in [4.69, 9.17) is 9.47 Å². The number of carbonyl (C=O) groups excluding carboxylic acids is 1. The van der Waals surface area contributed by atoms with Gasteiger partial charge in [0.15, 0.2) is 11.6 Å². The van der Waals surface area contributed by atoms with Crippen molar-refractivity contribution in [2.75, 3.05) is 49.2 Å². The highest BCUT2D eigenvalue weighted by atomic mass is 19.4. The van der Waals surface area contributed by atoms with Gasteiger partial charge >= 0.3 is 12.4 Å². The Bertz CT molecular complexity index is 1630. The quantitative estimate of drug-likeness (QED) is 0.417. The van der Waals surface area contributed by atoms with E-state index >= 15 is 0 Å². The minimum atomic E-state index is -4.87. The van der Waals surface area contributed by atoms with Crippen molar-refractivity contribution in [3.05, 3.63) is 64.0 Å². The lowest BCUT2D eigenvalue weighted by Gasteiger charge is -2.41. The van der Waals surface area contributed by atoms with Gasteiger partial charge in [-0.2, -0.15) is 31.4 Å². The van der Waals surface area contributed by atoms with Crippen molar-refractivity contribution in [2.45, 2.75) is 43.7 Å². The fourth-order valence-corrected chi connectivity index (χ4v) is 5.98. The van der Waals surface area contributed by atoms with Crippen LogP contribution in [-0.2, 0) is 12.4 Å². The number of fused-ring (bicyclic) bond motifs is 3. The summed E-state index contributed by atoms with van der Waals surface area (Å²) < 4.78 is 92.0. The number of hydrogen-bond acceptors (Lipinski definition) is 9. The van der Waals surface area contributed by atoms with Gasteiger partial charge in [-0.3, -0.25) is 14.6 Å². The number of carbonyl (C=O) groups is 1. The van der Waals surface area contributed by atoms with Crippen LogP contribution in [0.4, 0.5) is 37.8 Å². The summed E-state index contributed by atoms with van der Waals surface area (Å²) in [7, 11) is 0. The molecule has 2 fully saturated rings. The van der Waals surface area contributed by atoms with Crippen molar-refractivity contribution in [3.63, 3.8) is 0 Å². The number of hydrogen-bond donors (Lipinski definition) is 1. The third-order valence-electron chi connectivity index (χ3n) is 8.12. The maximum Gasteiger partial charge on any atom is 0.423 e. The van der Waals surface area contributed by atoms with Crippen LogP contribution in [0.1, 0.15) is 40.7 Å². The Morgan fingerprint density at radius 1 is 1.00 bits per heavy atom. The first kappa shape index (κ1) is 30.5. The molecule has 0 aliphatic carbocycles. The number of nitrogens with one attached hydrogen (secondary N) is 1. The van der Waals surface area contributed by atoms with Gasteiger partial charge in [0, 0.05) is 45.0 Å². The molecule has 0 bridgehead atoms. The Balaban J connectivity index is 1.12. The monoisotopic (exact) mass is 639 g/mol. The van der Waals surface area contributed by atoms with Gasteiger partial charge in [0.1, 0.15) is 17.9 Å². The molecule has 3 aromatic rings. The Labute approximate surface area is 251 Å². The molecule has 0 spiro atoms. The molecule has 2 saturated heterocycles. The first-order valence-electron chi connectivity index (χ1n) is 14.2. The lowest BCUT2D eigenvalue weighted by atomic mass is 10.1. The zero-order valence-corrected chi connectivity index (χ0v) is 23.6. The van der Waals surface area contributed by atoms with E-state index in [0.29, 0.717) is 31.6 Å². The van der Waals surface area contributed by atoms with Gasteiger partial charge in [-0.05, 0) is 25.0 Å². The minimum absolute atomic E-state index is 0.0212. The van der Waals surface area contributed by atoms with E-state index in [-0.39, 0.29) is 67.5 Å². The summed E-state index contributed by atoms with van der Waals surface area (Å²) in [5, 5.41) is 5.40. The zero-order valence-electron chi connectivity index (χ0n) is 23.6. The highest BCUT2D eigenvalue weighted by Crippen LogP contribution is 2.39. The molecular formula is C28H27F6N7O4. The molecule has 0 aromatic carbocycles. The van der Waals surface area contributed by atoms with Crippen molar-refractivity contribution in [1.29, 1.82) is 0 Å². The first-order chi connectivity index (χ1) is 21.4. The largest absolute Gasteiger partial charge is 0.490 e. The molecule has 45 heavy (non-hydrogen) atoms. The van der Waals surface area contributed by atoms with E-state index in [1.54, 1.807) is 4.90 Å². The number of ether oxygens (including phenoxy) is 2. The van der Waals surface area contributed by atoms with E-state index in [2.05, 4.69) is 15.1 Å². The summed E-state index contributed by atoms with van der Waals surface area (Å²) in [6, 6.07) is 1.72. The van der Waals surface area contributed by atoms with E-state index in [1.165, 1.54) is 23.4 Å². The molecule has 0 saturated carbocycles. The Hall–Kier alpha value is -4.57. The SMILES string of the molecule is O=C(c1cncc(OC[C@@H]2CCCN2c2cn[nH]c(=O)c2C(F)(F)F)c1)N1CCN2c3ncc(C(F)(F)F)cc3OCCC2C1. The van der Waals surface area contributed by atoms with Crippen LogP contribution in [0, 0.1) is 0 Å². The second-order valence-electron chi connectivity index (χ2n) is 10.9. The van der Waals surface area contributed by atoms with Crippen LogP contribution in [0.25, 0.3) is 0 Å². The maximum atomic E-state index is 13.6. The minimum Gasteiger partial charge on any atom is -0.490 e. The van der Waals surface area contributed by atoms with Gasteiger partial charge in [0.25, 0.3) is 11.5 Å². The number of amides is 1. The molecule has 240 valence electrons. The molecule has 6 rings (SSSR count). The summed E-state index contributed by atoms with van der Waals surface area (Å²) in [4.78, 5) is 38.5. The van der Waals surface area contributed by atoms with Gasteiger partial charge < -0.3 is 24.2 Å². The highest BCUT2D eigenvalue weighted by Gasteiger charge is 2.41. The number of piperazine rings is 1. The van der Waals surface area contributed by atoms with Crippen LogP contribution in [0.3, 0.4) is 0 Å². The summed E-state index contributed by atoms with van der Waals surface area (Å²) in [5.41, 5.74) is -3.62. The fourth-order valence-electron chi connectivity index (χ4n) is 5.98. The van der Waals surface area contributed by atoms with Gasteiger partial charge in [0.05, 0.1) is 47.9 Å². The number of alkyl halides is 6. The Kier molecular flexibility index (Phi) is 7.95. The molecule has 6 heterocycles. The zero-order chi connectivity index (χ0) is 31.9. The van der Waals surface area contributed by atoms with Crippen molar-refractivity contribution >= 4 is 17.4 Å². The Morgan fingerprint density at radius 2 is 1.82 bits per heavy atom. The molecule has 3 aliphatic rings. The van der Waals surface area contributed by atoms with E-state index < -0.39 is 35.1 Å². The topological polar surface area (TPSA) is 117 Å². The predicted octanol–water partition coefficient (Wildman–Crippen LogP) is 3.76. The van der Waals surface area contributed by atoms with Crippen LogP contribution in [0.5, 0.6) is 11.5 Å². The molecule has 11 nitrogen and oxygen atoms in total. The molecule has 2 atom stereocenters. The number of nitrogens with zero attached hydrogens (tertiary/aromatic N) is 6. The number of rotatable bonds is 5. The fraction of sp³-hybridized carbons (Fsp3) is 0.464. The number of pyridine rings is 2. The molecule has 1 unspecified atom stereocenters. The summed E-state index contributed by atoms with van der Waals surface area (Å²) in [6.07, 6.45) is -3.34. The first-order valence-corrected chi connectivity index (χ1v) is 14.2. The van der Waals surface area contributed by atoms with Crippen LogP contribution in [-0.4, -0.2) is 82.4 Å². The average Bonchev–Trinajstić information content (AvgIpc) is 3.39.